The molecule has 0 aliphatic rings. The van der Waals surface area contributed by atoms with Gasteiger partial charge in [0, 0.05) is 5.02 Å². The summed E-state index contributed by atoms with van der Waals surface area (Å²) in [6.07, 6.45) is 0. The highest BCUT2D eigenvalue weighted by Crippen LogP contribution is 2.17. The summed E-state index contributed by atoms with van der Waals surface area (Å²) in [4.78, 5) is 0. The van der Waals surface area contributed by atoms with Crippen molar-refractivity contribution in [3.8, 4) is 0 Å². The third kappa shape index (κ3) is 4.65. The Bertz CT molecular complexity index is 338. The van der Waals surface area contributed by atoms with E-state index in [0.717, 1.165) is 16.2 Å². The molecule has 1 rings (SSSR count). The van der Waals surface area contributed by atoms with Crippen LogP contribution in [-0.2, 0) is 4.43 Å². The maximum absolute atomic E-state index is 5.81. The van der Waals surface area contributed by atoms with E-state index in [1.54, 1.807) is 0 Å². The van der Waals surface area contributed by atoms with E-state index in [0.29, 0.717) is 6.61 Å². The quantitative estimate of drug-likeness (QED) is 0.717. The molecule has 1 nitrogen and oxygen atoms in total. The summed E-state index contributed by atoms with van der Waals surface area (Å²) < 4.78 is 5.78. The smallest absolute Gasteiger partial charge is 0.184 e. The lowest BCUT2D eigenvalue weighted by Gasteiger charge is -2.18. The van der Waals surface area contributed by atoms with Gasteiger partial charge in [0.15, 0.2) is 8.32 Å². The predicted octanol–water partition coefficient (Wildman–Crippen LogP) is 4.20. The number of rotatable bonds is 4. The van der Waals surface area contributed by atoms with Gasteiger partial charge in [0.05, 0.1) is 6.61 Å². The molecule has 0 aliphatic carbocycles. The fraction of sp³-hybridized carbons (Fsp3) is 0.333. The lowest BCUT2D eigenvalue weighted by Crippen LogP contribution is -2.26. The second-order valence-corrected chi connectivity index (χ2v) is 9.46. The van der Waals surface area contributed by atoms with E-state index in [1.807, 2.05) is 24.3 Å². The van der Waals surface area contributed by atoms with Crippen LogP contribution in [0.3, 0.4) is 0 Å². The van der Waals surface area contributed by atoms with E-state index in [1.165, 1.54) is 0 Å². The molecule has 0 unspecified atom stereocenters. The van der Waals surface area contributed by atoms with Gasteiger partial charge >= 0.3 is 0 Å². The number of halogens is 1. The van der Waals surface area contributed by atoms with Gasteiger partial charge in [0.25, 0.3) is 0 Å². The molecule has 1 aromatic carbocycles. The van der Waals surface area contributed by atoms with Gasteiger partial charge in [-0.05, 0) is 42.9 Å². The van der Waals surface area contributed by atoms with Crippen LogP contribution in [-0.4, -0.2) is 14.9 Å². The Kier molecular flexibility index (Phi) is 4.14. The molecule has 0 fully saturated rings. The number of benzene rings is 1. The Labute approximate surface area is 97.9 Å². The Morgan fingerprint density at radius 3 is 2.27 bits per heavy atom. The minimum atomic E-state index is -1.45. The second kappa shape index (κ2) is 4.97. The highest BCUT2D eigenvalue weighted by atomic mass is 35.5. The molecule has 0 atom stereocenters. The average molecular weight is 241 g/mol. The van der Waals surface area contributed by atoms with Gasteiger partial charge in [0.1, 0.15) is 0 Å². The fourth-order valence-electron chi connectivity index (χ4n) is 1.07. The van der Waals surface area contributed by atoms with E-state index in [2.05, 4.69) is 26.2 Å². The SMILES string of the molecule is C=C(CO[Si](C)(C)C)c1ccc(Cl)cc1. The van der Waals surface area contributed by atoms with Crippen molar-refractivity contribution in [3.63, 3.8) is 0 Å². The molecule has 0 N–H and O–H groups in total. The molecule has 15 heavy (non-hydrogen) atoms. The first-order valence-electron chi connectivity index (χ1n) is 4.96. The summed E-state index contributed by atoms with van der Waals surface area (Å²) in [5.41, 5.74) is 2.10. The minimum absolute atomic E-state index is 0.608. The zero-order chi connectivity index (χ0) is 11.5. The first-order chi connectivity index (χ1) is 6.88. The molecule has 0 heterocycles. The van der Waals surface area contributed by atoms with Crippen molar-refractivity contribution in [2.75, 3.05) is 6.61 Å². The van der Waals surface area contributed by atoms with E-state index >= 15 is 0 Å². The second-order valence-electron chi connectivity index (χ2n) is 4.51. The zero-order valence-corrected chi connectivity index (χ0v) is 11.3. The first kappa shape index (κ1) is 12.5. The monoisotopic (exact) mass is 240 g/mol. The fourth-order valence-corrected chi connectivity index (χ4v) is 1.81. The average Bonchev–Trinajstić information content (AvgIpc) is 2.14. The lowest BCUT2D eigenvalue weighted by molar-refractivity contribution is 0.365. The Balaban J connectivity index is 2.58. The summed E-state index contributed by atoms with van der Waals surface area (Å²) in [6.45, 7) is 11.1. The first-order valence-corrected chi connectivity index (χ1v) is 8.75. The van der Waals surface area contributed by atoms with Gasteiger partial charge in [0.2, 0.25) is 0 Å². The van der Waals surface area contributed by atoms with Crippen LogP contribution >= 0.6 is 11.6 Å². The van der Waals surface area contributed by atoms with Crippen molar-refractivity contribution in [1.29, 1.82) is 0 Å². The minimum Gasteiger partial charge on any atom is -0.413 e. The van der Waals surface area contributed by atoms with E-state index in [9.17, 15) is 0 Å². The largest absolute Gasteiger partial charge is 0.413 e. The summed E-state index contributed by atoms with van der Waals surface area (Å²) in [5.74, 6) is 0. The standard InChI is InChI=1S/C12H17ClOSi/c1-10(9-14-15(2,3)4)11-5-7-12(13)8-6-11/h5-8H,1,9H2,2-4H3. The van der Waals surface area contributed by atoms with E-state index < -0.39 is 8.32 Å². The molecular formula is C12H17ClOSi. The highest BCUT2D eigenvalue weighted by molar-refractivity contribution is 6.69. The molecule has 0 radical (unpaired) electrons. The molecule has 1 aromatic rings. The van der Waals surface area contributed by atoms with Gasteiger partial charge in [-0.1, -0.05) is 30.3 Å². The van der Waals surface area contributed by atoms with Crippen LogP contribution in [0.1, 0.15) is 5.56 Å². The number of hydrogen-bond donors (Lipinski definition) is 0. The van der Waals surface area contributed by atoms with Gasteiger partial charge in [-0.25, -0.2) is 0 Å². The third-order valence-electron chi connectivity index (χ3n) is 1.93. The molecule has 0 saturated heterocycles. The molecule has 3 heteroatoms. The van der Waals surface area contributed by atoms with Crippen molar-refractivity contribution >= 4 is 25.5 Å². The van der Waals surface area contributed by atoms with Crippen molar-refractivity contribution in [2.24, 2.45) is 0 Å². The summed E-state index contributed by atoms with van der Waals surface area (Å²) in [6, 6.07) is 7.68. The highest BCUT2D eigenvalue weighted by Gasteiger charge is 2.14. The molecule has 0 bridgehead atoms. The van der Waals surface area contributed by atoms with Crippen molar-refractivity contribution < 1.29 is 4.43 Å². The molecule has 0 spiro atoms. The van der Waals surface area contributed by atoms with Crippen LogP contribution in [0.5, 0.6) is 0 Å². The zero-order valence-electron chi connectivity index (χ0n) is 9.51. The Hall–Kier alpha value is -0.573. The normalized spacial score (nSPS) is 11.5. The van der Waals surface area contributed by atoms with Crippen molar-refractivity contribution in [3.05, 3.63) is 41.4 Å². The topological polar surface area (TPSA) is 9.23 Å². The Morgan fingerprint density at radius 1 is 1.27 bits per heavy atom. The van der Waals surface area contributed by atoms with Crippen molar-refractivity contribution in [2.45, 2.75) is 19.6 Å². The third-order valence-corrected chi connectivity index (χ3v) is 3.19. The van der Waals surface area contributed by atoms with Crippen LogP contribution in [0.25, 0.3) is 5.57 Å². The number of hydrogen-bond acceptors (Lipinski definition) is 1. The van der Waals surface area contributed by atoms with Crippen LogP contribution < -0.4 is 0 Å². The van der Waals surface area contributed by atoms with Crippen LogP contribution in [0.4, 0.5) is 0 Å². The van der Waals surface area contributed by atoms with Gasteiger partial charge < -0.3 is 4.43 Å². The molecule has 0 aliphatic heterocycles. The van der Waals surface area contributed by atoms with E-state index in [4.69, 9.17) is 16.0 Å². The van der Waals surface area contributed by atoms with Gasteiger partial charge in [-0.2, -0.15) is 0 Å². The van der Waals surface area contributed by atoms with Gasteiger partial charge in [-0.3, -0.25) is 0 Å². The van der Waals surface area contributed by atoms with Crippen LogP contribution in [0.15, 0.2) is 30.8 Å². The van der Waals surface area contributed by atoms with Gasteiger partial charge in [-0.15, -0.1) is 0 Å². The maximum Gasteiger partial charge on any atom is 0.184 e. The molecule has 82 valence electrons. The lowest BCUT2D eigenvalue weighted by atomic mass is 10.1. The maximum atomic E-state index is 5.81. The van der Waals surface area contributed by atoms with Crippen molar-refractivity contribution in [1.82, 2.24) is 0 Å². The summed E-state index contributed by atoms with van der Waals surface area (Å²) in [5, 5.41) is 0.748. The summed E-state index contributed by atoms with van der Waals surface area (Å²) in [7, 11) is -1.45. The molecule has 0 saturated carbocycles. The summed E-state index contributed by atoms with van der Waals surface area (Å²) >= 11 is 5.81. The van der Waals surface area contributed by atoms with Crippen LogP contribution in [0.2, 0.25) is 24.7 Å². The van der Waals surface area contributed by atoms with E-state index in [-0.39, 0.29) is 0 Å². The molecular weight excluding hydrogens is 224 g/mol. The molecule has 0 aromatic heterocycles. The Morgan fingerprint density at radius 2 is 1.80 bits per heavy atom. The molecule has 0 amide bonds. The predicted molar refractivity (Wildman–Crippen MR) is 69.8 cm³/mol. The van der Waals surface area contributed by atoms with Crippen LogP contribution in [0, 0.1) is 0 Å².